The lowest BCUT2D eigenvalue weighted by Gasteiger charge is -2.24. The Bertz CT molecular complexity index is 903. The van der Waals surface area contributed by atoms with Gasteiger partial charge in [-0.3, -0.25) is 9.10 Å². The van der Waals surface area contributed by atoms with Gasteiger partial charge in [0.1, 0.15) is 0 Å². The molecule has 0 radical (unpaired) electrons. The Morgan fingerprint density at radius 1 is 1.17 bits per heavy atom. The van der Waals surface area contributed by atoms with Crippen molar-refractivity contribution in [2.45, 2.75) is 31.9 Å². The molecule has 0 aromatic heterocycles. The molecule has 29 heavy (non-hydrogen) atoms. The van der Waals surface area contributed by atoms with Crippen molar-refractivity contribution in [2.75, 3.05) is 23.7 Å². The summed E-state index contributed by atoms with van der Waals surface area (Å²) < 4.78 is 25.8. The second-order valence-corrected chi connectivity index (χ2v) is 9.03. The number of carbonyl (C=O) groups excluding carboxylic acids is 1. The molecule has 2 atom stereocenters. The number of aliphatic hydroxyl groups is 1. The maximum Gasteiger partial charge on any atom is 0.251 e. The van der Waals surface area contributed by atoms with Crippen molar-refractivity contribution in [3.8, 4) is 0 Å². The predicted octanol–water partition coefficient (Wildman–Crippen LogP) is 1.52. The van der Waals surface area contributed by atoms with Crippen LogP contribution in [0.4, 0.5) is 5.69 Å². The number of anilines is 1. The summed E-state index contributed by atoms with van der Waals surface area (Å²) in [5.41, 5.74) is 7.29. The van der Waals surface area contributed by atoms with Gasteiger partial charge in [-0.25, -0.2) is 8.42 Å². The highest BCUT2D eigenvalue weighted by Gasteiger charge is 2.23. The van der Waals surface area contributed by atoms with E-state index in [1.807, 2.05) is 30.3 Å². The minimum absolute atomic E-state index is 0.00974. The van der Waals surface area contributed by atoms with E-state index < -0.39 is 28.1 Å². The van der Waals surface area contributed by atoms with E-state index in [2.05, 4.69) is 5.32 Å². The van der Waals surface area contributed by atoms with E-state index >= 15 is 0 Å². The SMILES string of the molecule is CCCS(=O)(=O)N(C)c1cccc(C(=O)N[C@@H](Cc2ccccc2)[C@H](O)CN)c1. The largest absolute Gasteiger partial charge is 0.390 e. The number of hydrogen-bond donors (Lipinski definition) is 3. The molecule has 0 fully saturated rings. The van der Waals surface area contributed by atoms with Crippen LogP contribution >= 0.6 is 0 Å². The smallest absolute Gasteiger partial charge is 0.251 e. The van der Waals surface area contributed by atoms with Crippen molar-refractivity contribution in [2.24, 2.45) is 5.73 Å². The Morgan fingerprint density at radius 3 is 2.48 bits per heavy atom. The lowest BCUT2D eigenvalue weighted by molar-refractivity contribution is 0.0845. The first-order valence-corrected chi connectivity index (χ1v) is 11.2. The Morgan fingerprint density at radius 2 is 1.86 bits per heavy atom. The van der Waals surface area contributed by atoms with Gasteiger partial charge in [0.05, 0.1) is 23.6 Å². The summed E-state index contributed by atoms with van der Waals surface area (Å²) in [7, 11) is -1.97. The second-order valence-electron chi connectivity index (χ2n) is 6.91. The van der Waals surface area contributed by atoms with Gasteiger partial charge in [0.25, 0.3) is 5.91 Å². The number of aliphatic hydroxyl groups excluding tert-OH is 1. The molecule has 0 aliphatic carbocycles. The molecule has 0 aliphatic rings. The number of nitrogens with one attached hydrogen (secondary N) is 1. The summed E-state index contributed by atoms with van der Waals surface area (Å²) in [5, 5.41) is 13.1. The molecule has 7 nitrogen and oxygen atoms in total. The van der Waals surface area contributed by atoms with Crippen LogP contribution in [0.15, 0.2) is 54.6 Å². The number of amides is 1. The summed E-state index contributed by atoms with van der Waals surface area (Å²) >= 11 is 0. The van der Waals surface area contributed by atoms with Gasteiger partial charge in [-0.1, -0.05) is 43.3 Å². The Labute approximate surface area is 172 Å². The molecule has 0 heterocycles. The number of hydrogen-bond acceptors (Lipinski definition) is 5. The fraction of sp³-hybridized carbons (Fsp3) is 0.381. The van der Waals surface area contributed by atoms with E-state index in [0.717, 1.165) is 5.56 Å². The van der Waals surface area contributed by atoms with Crippen LogP contribution in [0, 0.1) is 0 Å². The molecule has 0 saturated heterocycles. The van der Waals surface area contributed by atoms with Gasteiger partial charge >= 0.3 is 0 Å². The van der Waals surface area contributed by atoms with Crippen LogP contribution in [-0.2, 0) is 16.4 Å². The van der Waals surface area contributed by atoms with Gasteiger partial charge in [-0.15, -0.1) is 0 Å². The van der Waals surface area contributed by atoms with Crippen molar-refractivity contribution in [1.82, 2.24) is 5.32 Å². The number of nitrogens with two attached hydrogens (primary N) is 1. The molecule has 0 aliphatic heterocycles. The van der Waals surface area contributed by atoms with Crippen LogP contribution < -0.4 is 15.4 Å². The first-order valence-electron chi connectivity index (χ1n) is 9.58. The van der Waals surface area contributed by atoms with Crippen molar-refractivity contribution < 1.29 is 18.3 Å². The normalized spacial score (nSPS) is 13.5. The molecule has 2 aromatic rings. The molecule has 4 N–H and O–H groups in total. The van der Waals surface area contributed by atoms with Crippen molar-refractivity contribution in [3.63, 3.8) is 0 Å². The summed E-state index contributed by atoms with van der Waals surface area (Å²) in [6, 6.07) is 15.3. The van der Waals surface area contributed by atoms with Gasteiger partial charge in [-0.05, 0) is 36.6 Å². The van der Waals surface area contributed by atoms with E-state index in [0.29, 0.717) is 24.1 Å². The fourth-order valence-electron chi connectivity index (χ4n) is 2.97. The van der Waals surface area contributed by atoms with Crippen LogP contribution in [0.5, 0.6) is 0 Å². The van der Waals surface area contributed by atoms with Gasteiger partial charge < -0.3 is 16.2 Å². The molecule has 1 amide bonds. The lowest BCUT2D eigenvalue weighted by Crippen LogP contribution is -2.47. The molecular weight excluding hydrogens is 390 g/mol. The third-order valence-corrected chi connectivity index (χ3v) is 6.64. The summed E-state index contributed by atoms with van der Waals surface area (Å²) in [6.07, 6.45) is 0.0235. The van der Waals surface area contributed by atoms with Crippen molar-refractivity contribution in [1.29, 1.82) is 0 Å². The van der Waals surface area contributed by atoms with E-state index in [4.69, 9.17) is 5.73 Å². The molecule has 0 unspecified atom stereocenters. The molecule has 2 rings (SSSR count). The number of nitrogens with zero attached hydrogens (tertiary/aromatic N) is 1. The van der Waals surface area contributed by atoms with E-state index in [1.54, 1.807) is 25.1 Å². The van der Waals surface area contributed by atoms with E-state index in [1.165, 1.54) is 17.4 Å². The maximum atomic E-state index is 12.8. The average Bonchev–Trinajstić information content (AvgIpc) is 2.72. The topological polar surface area (TPSA) is 113 Å². The van der Waals surface area contributed by atoms with Gasteiger partial charge in [0, 0.05) is 19.2 Å². The molecule has 0 bridgehead atoms. The van der Waals surface area contributed by atoms with E-state index in [-0.39, 0.29) is 12.3 Å². The Kier molecular flexibility index (Phi) is 8.19. The highest BCUT2D eigenvalue weighted by Crippen LogP contribution is 2.19. The minimum atomic E-state index is -3.44. The molecule has 0 saturated carbocycles. The third kappa shape index (κ3) is 6.28. The molecule has 158 valence electrons. The van der Waals surface area contributed by atoms with Crippen LogP contribution in [0.1, 0.15) is 29.3 Å². The van der Waals surface area contributed by atoms with Gasteiger partial charge in [-0.2, -0.15) is 0 Å². The highest BCUT2D eigenvalue weighted by atomic mass is 32.2. The zero-order chi connectivity index (χ0) is 21.4. The lowest BCUT2D eigenvalue weighted by atomic mass is 10.0. The van der Waals surface area contributed by atoms with Crippen LogP contribution in [-0.4, -0.2) is 50.9 Å². The Balaban J connectivity index is 2.19. The van der Waals surface area contributed by atoms with Crippen molar-refractivity contribution >= 4 is 21.6 Å². The first-order chi connectivity index (χ1) is 13.8. The monoisotopic (exact) mass is 419 g/mol. The zero-order valence-electron chi connectivity index (χ0n) is 16.8. The summed E-state index contributed by atoms with van der Waals surface area (Å²) in [6.45, 7) is 1.81. The molecular formula is C21H29N3O4S. The number of carbonyl (C=O) groups is 1. The van der Waals surface area contributed by atoms with Crippen LogP contribution in [0.3, 0.4) is 0 Å². The van der Waals surface area contributed by atoms with Crippen LogP contribution in [0.2, 0.25) is 0 Å². The quantitative estimate of drug-likeness (QED) is 0.540. The molecule has 2 aromatic carbocycles. The summed E-state index contributed by atoms with van der Waals surface area (Å²) in [4.78, 5) is 12.8. The number of sulfonamides is 1. The predicted molar refractivity (Wildman–Crippen MR) is 115 cm³/mol. The average molecular weight is 420 g/mol. The highest BCUT2D eigenvalue weighted by molar-refractivity contribution is 7.92. The van der Waals surface area contributed by atoms with E-state index in [9.17, 15) is 18.3 Å². The molecule has 8 heteroatoms. The third-order valence-electron chi connectivity index (χ3n) is 4.67. The second kappa shape index (κ2) is 10.4. The summed E-state index contributed by atoms with van der Waals surface area (Å²) in [5.74, 6) is -0.372. The van der Waals surface area contributed by atoms with Crippen LogP contribution in [0.25, 0.3) is 0 Å². The first kappa shape index (κ1) is 22.9. The molecule has 0 spiro atoms. The maximum absolute atomic E-state index is 12.8. The fourth-order valence-corrected chi connectivity index (χ4v) is 4.19. The minimum Gasteiger partial charge on any atom is -0.390 e. The number of rotatable bonds is 10. The Hall–Kier alpha value is -2.42. The van der Waals surface area contributed by atoms with Gasteiger partial charge in [0.2, 0.25) is 10.0 Å². The van der Waals surface area contributed by atoms with Gasteiger partial charge in [0.15, 0.2) is 0 Å². The standard InChI is InChI=1S/C21H29N3O4S/c1-3-12-29(27,28)24(2)18-11-7-10-17(14-18)21(26)23-19(20(25)15-22)13-16-8-5-4-6-9-16/h4-11,14,19-20,25H,3,12-13,15,22H2,1-2H3,(H,23,26)/t19-,20+/m0/s1. The number of benzene rings is 2. The van der Waals surface area contributed by atoms with Crippen molar-refractivity contribution in [3.05, 3.63) is 65.7 Å². The zero-order valence-corrected chi connectivity index (χ0v) is 17.6.